The van der Waals surface area contributed by atoms with Gasteiger partial charge in [-0.15, -0.1) is 0 Å². The minimum Gasteiger partial charge on any atom is -0.497 e. The number of hydrogen-bond donors (Lipinski definition) is 0. The molecule has 6 heteroatoms. The van der Waals surface area contributed by atoms with Gasteiger partial charge in [-0.05, 0) is 79.5 Å². The van der Waals surface area contributed by atoms with Gasteiger partial charge in [-0.3, -0.25) is 14.5 Å². The van der Waals surface area contributed by atoms with Gasteiger partial charge in [-0.2, -0.15) is 0 Å². The van der Waals surface area contributed by atoms with E-state index < -0.39 is 5.97 Å². The van der Waals surface area contributed by atoms with E-state index in [4.69, 9.17) is 13.9 Å². The van der Waals surface area contributed by atoms with E-state index in [1.807, 2.05) is 6.07 Å². The normalized spacial score (nSPS) is 33.9. The fourth-order valence-electron chi connectivity index (χ4n) is 7.58. The molecule has 182 valence electrons. The van der Waals surface area contributed by atoms with E-state index in [2.05, 4.69) is 50.9 Å². The fraction of sp³-hybridized carbons (Fsp3) is 0.571. The number of benzene rings is 1. The van der Waals surface area contributed by atoms with Crippen LogP contribution in [0.15, 0.2) is 41.2 Å². The Morgan fingerprint density at radius 2 is 2.03 bits per heavy atom. The summed E-state index contributed by atoms with van der Waals surface area (Å²) < 4.78 is 16.1. The number of esters is 2. The summed E-state index contributed by atoms with van der Waals surface area (Å²) in [6.45, 7) is 6.86. The van der Waals surface area contributed by atoms with Gasteiger partial charge in [0, 0.05) is 17.0 Å². The second kappa shape index (κ2) is 7.98. The van der Waals surface area contributed by atoms with Crippen LogP contribution in [0.25, 0.3) is 0 Å². The lowest BCUT2D eigenvalue weighted by molar-refractivity contribution is -0.213. The van der Waals surface area contributed by atoms with E-state index in [0.717, 1.165) is 37.0 Å². The van der Waals surface area contributed by atoms with Crippen LogP contribution in [0, 0.1) is 11.3 Å². The predicted molar refractivity (Wildman–Crippen MR) is 128 cm³/mol. The molecule has 6 nitrogen and oxygen atoms in total. The minimum atomic E-state index is -0.465. The summed E-state index contributed by atoms with van der Waals surface area (Å²) in [6.07, 6.45) is 7.21. The Morgan fingerprint density at radius 1 is 1.24 bits per heavy atom. The van der Waals surface area contributed by atoms with Crippen molar-refractivity contribution in [2.75, 3.05) is 14.2 Å². The van der Waals surface area contributed by atoms with Crippen LogP contribution in [-0.4, -0.2) is 42.6 Å². The van der Waals surface area contributed by atoms with Gasteiger partial charge < -0.3 is 13.9 Å². The van der Waals surface area contributed by atoms with Crippen LogP contribution >= 0.6 is 0 Å². The maximum Gasteiger partial charge on any atom is 0.318 e. The highest BCUT2D eigenvalue weighted by atomic mass is 16.6. The van der Waals surface area contributed by atoms with Gasteiger partial charge in [0.1, 0.15) is 5.75 Å². The SMILES string of the molecule is CCC12C[C@]3(C)c4cc(OC)ccc4CC(N1C)[C@]3(C)CC2C(=O)OC(=O)CCc1ccoc1. The van der Waals surface area contributed by atoms with Gasteiger partial charge in [0.2, 0.25) is 0 Å². The number of aryl methyl sites for hydroxylation is 1. The third-order valence-electron chi connectivity index (χ3n) is 9.74. The highest BCUT2D eigenvalue weighted by Gasteiger charge is 2.71. The number of furan rings is 1. The molecule has 2 aliphatic heterocycles. The molecule has 2 aromatic rings. The summed E-state index contributed by atoms with van der Waals surface area (Å²) >= 11 is 0. The van der Waals surface area contributed by atoms with Crippen LogP contribution in [0.2, 0.25) is 0 Å². The van der Waals surface area contributed by atoms with Gasteiger partial charge in [-0.1, -0.05) is 26.8 Å². The highest BCUT2D eigenvalue weighted by Crippen LogP contribution is 2.69. The molecule has 0 N–H and O–H groups in total. The van der Waals surface area contributed by atoms with Crippen LogP contribution < -0.4 is 4.74 Å². The van der Waals surface area contributed by atoms with Crippen molar-refractivity contribution in [2.24, 2.45) is 11.3 Å². The van der Waals surface area contributed by atoms with Crippen LogP contribution in [0.3, 0.4) is 0 Å². The van der Waals surface area contributed by atoms with E-state index in [1.54, 1.807) is 19.6 Å². The molecule has 5 atom stereocenters. The molecule has 34 heavy (non-hydrogen) atoms. The van der Waals surface area contributed by atoms with Crippen molar-refractivity contribution in [3.63, 3.8) is 0 Å². The van der Waals surface area contributed by atoms with Crippen LogP contribution in [0.4, 0.5) is 0 Å². The van der Waals surface area contributed by atoms with Gasteiger partial charge in [-0.25, -0.2) is 0 Å². The molecular formula is C28H35NO5. The van der Waals surface area contributed by atoms with Gasteiger partial charge in [0.05, 0.1) is 32.0 Å². The van der Waals surface area contributed by atoms with E-state index in [-0.39, 0.29) is 34.7 Å². The first-order valence-electron chi connectivity index (χ1n) is 12.3. The number of likely N-dealkylation sites (N-methyl/N-ethyl adjacent to an activating group) is 1. The molecule has 3 unspecified atom stereocenters. The number of fused-ring (bicyclic) bond motifs is 2. The average Bonchev–Trinajstić information content (AvgIpc) is 3.34. The molecule has 1 saturated carbocycles. The zero-order valence-corrected chi connectivity index (χ0v) is 20.8. The van der Waals surface area contributed by atoms with Crippen molar-refractivity contribution in [1.29, 1.82) is 0 Å². The molecular weight excluding hydrogens is 430 g/mol. The van der Waals surface area contributed by atoms with Gasteiger partial charge in [0.15, 0.2) is 0 Å². The van der Waals surface area contributed by atoms with Crippen molar-refractivity contribution in [3.8, 4) is 5.75 Å². The number of rotatable bonds is 6. The molecule has 3 heterocycles. The first kappa shape index (κ1) is 23.2. The third-order valence-corrected chi connectivity index (χ3v) is 9.74. The van der Waals surface area contributed by atoms with E-state index in [9.17, 15) is 9.59 Å². The fourth-order valence-corrected chi connectivity index (χ4v) is 7.58. The number of piperidine rings is 2. The summed E-state index contributed by atoms with van der Waals surface area (Å²) in [5, 5.41) is 0. The number of carbonyl (C=O) groups excluding carboxylic acids is 2. The second-order valence-corrected chi connectivity index (χ2v) is 10.9. The van der Waals surface area contributed by atoms with E-state index in [0.29, 0.717) is 12.5 Å². The van der Waals surface area contributed by atoms with Gasteiger partial charge in [0.25, 0.3) is 0 Å². The molecule has 0 radical (unpaired) electrons. The topological polar surface area (TPSA) is 69.0 Å². The molecule has 3 fully saturated rings. The van der Waals surface area contributed by atoms with Crippen molar-refractivity contribution in [3.05, 3.63) is 53.5 Å². The molecule has 2 saturated heterocycles. The van der Waals surface area contributed by atoms with E-state index in [1.165, 1.54) is 11.1 Å². The number of carbonyl (C=O) groups is 2. The lowest BCUT2D eigenvalue weighted by atomic mass is 9.39. The maximum absolute atomic E-state index is 13.5. The molecule has 0 amide bonds. The average molecular weight is 466 g/mol. The minimum absolute atomic E-state index is 0.0929. The van der Waals surface area contributed by atoms with E-state index >= 15 is 0 Å². The first-order chi connectivity index (χ1) is 16.2. The summed E-state index contributed by atoms with van der Waals surface area (Å²) in [5.74, 6) is -0.291. The third kappa shape index (κ3) is 3.10. The van der Waals surface area contributed by atoms with Gasteiger partial charge >= 0.3 is 11.9 Å². The van der Waals surface area contributed by atoms with Crippen LogP contribution in [0.5, 0.6) is 5.75 Å². The first-order valence-corrected chi connectivity index (χ1v) is 12.3. The Labute approximate surface area is 201 Å². The summed E-state index contributed by atoms with van der Waals surface area (Å²) in [6, 6.07) is 8.61. The Morgan fingerprint density at radius 3 is 2.71 bits per heavy atom. The zero-order valence-electron chi connectivity index (χ0n) is 20.8. The molecule has 0 spiro atoms. The summed E-state index contributed by atoms with van der Waals surface area (Å²) in [4.78, 5) is 28.5. The highest BCUT2D eigenvalue weighted by molar-refractivity contribution is 5.88. The summed E-state index contributed by atoms with van der Waals surface area (Å²) in [5.41, 5.74) is 3.08. The largest absolute Gasteiger partial charge is 0.497 e. The number of nitrogens with zero attached hydrogens (tertiary/aromatic N) is 1. The zero-order chi connectivity index (χ0) is 24.3. The summed E-state index contributed by atoms with van der Waals surface area (Å²) in [7, 11) is 3.88. The molecule has 2 aliphatic carbocycles. The number of ether oxygens (including phenoxy) is 2. The number of hydrogen-bond acceptors (Lipinski definition) is 6. The molecule has 1 aromatic carbocycles. The molecule has 4 aliphatic rings. The quantitative estimate of drug-likeness (QED) is 0.456. The Hall–Kier alpha value is -2.60. The van der Waals surface area contributed by atoms with Crippen molar-refractivity contribution in [1.82, 2.24) is 4.90 Å². The Bertz CT molecular complexity index is 1110. The van der Waals surface area contributed by atoms with Crippen molar-refractivity contribution < 1.29 is 23.5 Å². The van der Waals surface area contributed by atoms with Crippen molar-refractivity contribution in [2.45, 2.75) is 76.3 Å². The molecule has 6 rings (SSSR count). The molecule has 4 bridgehead atoms. The second-order valence-electron chi connectivity index (χ2n) is 10.9. The predicted octanol–water partition coefficient (Wildman–Crippen LogP) is 4.68. The molecule has 1 aromatic heterocycles. The monoisotopic (exact) mass is 465 g/mol. The standard InChI is InChI=1S/C28H35NO5/c1-6-28-17-27(3)21-14-20(32-5)9-8-19(21)13-23(29(28)4)26(27,2)15-22(28)25(31)34-24(30)10-7-18-11-12-33-16-18/h8-9,11-12,14,16,22-23H,6-7,10,13,15,17H2,1-5H3/t22?,23?,26-,27+,28?/m0/s1. The smallest absolute Gasteiger partial charge is 0.318 e. The van der Waals surface area contributed by atoms with Crippen LogP contribution in [-0.2, 0) is 32.6 Å². The van der Waals surface area contributed by atoms with Crippen molar-refractivity contribution >= 4 is 11.9 Å². The maximum atomic E-state index is 13.5. The Kier molecular flexibility index (Phi) is 5.43. The Balaban J connectivity index is 1.44. The number of methoxy groups -OCH3 is 1. The van der Waals surface area contributed by atoms with Crippen LogP contribution in [0.1, 0.15) is 63.1 Å². The lowest BCUT2D eigenvalue weighted by Crippen LogP contribution is -2.79. The lowest BCUT2D eigenvalue weighted by Gasteiger charge is -2.73.